The predicted octanol–water partition coefficient (Wildman–Crippen LogP) is -2.72. The summed E-state index contributed by atoms with van der Waals surface area (Å²) in [5.74, 6) is 1.01. The molecule has 0 aliphatic heterocycles. The molecule has 0 aliphatic rings. The summed E-state index contributed by atoms with van der Waals surface area (Å²) in [7, 11) is 3.86. The zero-order valence-electron chi connectivity index (χ0n) is 5.78. The summed E-state index contributed by atoms with van der Waals surface area (Å²) in [6.45, 7) is 0. The molecule has 0 aromatic carbocycles. The molecule has 0 amide bonds. The molecule has 0 spiro atoms. The number of hydrogen-bond acceptors (Lipinski definition) is 3. The summed E-state index contributed by atoms with van der Waals surface area (Å²) in [5, 5.41) is 6.16. The van der Waals surface area contributed by atoms with Crippen molar-refractivity contribution in [3.63, 3.8) is 0 Å². The molecule has 0 bridgehead atoms. The first-order valence-corrected chi connectivity index (χ1v) is 3.72. The molecule has 0 aromatic rings. The van der Waals surface area contributed by atoms with Gasteiger partial charge >= 0.3 is 0 Å². The smallest absolute Gasteiger partial charge is 0.128 e. The van der Waals surface area contributed by atoms with Gasteiger partial charge in [0.15, 0.2) is 0 Å². The van der Waals surface area contributed by atoms with Crippen LogP contribution in [0.3, 0.4) is 0 Å². The van der Waals surface area contributed by atoms with Crippen LogP contribution in [0.5, 0.6) is 0 Å². The molecule has 9 heavy (non-hydrogen) atoms. The fourth-order valence-corrected chi connectivity index (χ4v) is 0.998. The molecule has 0 saturated carbocycles. The first kappa shape index (κ1) is 12.5. The van der Waals surface area contributed by atoms with E-state index in [0.717, 1.165) is 5.75 Å². The lowest BCUT2D eigenvalue weighted by Gasteiger charge is -2.09. The standard InChI is InChI=1S/C5H13N2S.HI/c1-6-5(7-2)4-8-3;/h5-7H,3-4H2,1-2H3;1H/q+1;/p-1. The van der Waals surface area contributed by atoms with E-state index in [1.807, 2.05) is 14.1 Å². The molecule has 0 heterocycles. The van der Waals surface area contributed by atoms with Gasteiger partial charge in [-0.25, -0.2) is 0 Å². The van der Waals surface area contributed by atoms with Gasteiger partial charge in [0.2, 0.25) is 0 Å². The van der Waals surface area contributed by atoms with Crippen LogP contribution in [0.4, 0.5) is 0 Å². The first-order chi connectivity index (χ1) is 3.85. The van der Waals surface area contributed by atoms with E-state index in [-0.39, 0.29) is 24.0 Å². The Bertz CT molecular complexity index is 50.2. The Balaban J connectivity index is 0. The number of thioether (sulfide) groups is 1. The van der Waals surface area contributed by atoms with Crippen molar-refractivity contribution < 1.29 is 24.0 Å². The highest BCUT2D eigenvalue weighted by molar-refractivity contribution is 8.00. The Morgan fingerprint density at radius 2 is 1.89 bits per heavy atom. The fourth-order valence-electron chi connectivity index (χ4n) is 0.429. The maximum absolute atomic E-state index is 3.66. The van der Waals surface area contributed by atoms with Crippen molar-refractivity contribution >= 4 is 11.8 Å². The molecule has 0 rings (SSSR count). The Morgan fingerprint density at radius 1 is 1.44 bits per heavy atom. The summed E-state index contributed by atoms with van der Waals surface area (Å²) in [6.07, 6.45) is 4.06. The molecular formula is C5H13IN2S. The number of rotatable bonds is 4. The zero-order chi connectivity index (χ0) is 6.41. The van der Waals surface area contributed by atoms with Crippen molar-refractivity contribution in [3.8, 4) is 0 Å². The summed E-state index contributed by atoms with van der Waals surface area (Å²) in [5.41, 5.74) is 0. The minimum absolute atomic E-state index is 0. The summed E-state index contributed by atoms with van der Waals surface area (Å²) in [6, 6.07) is 0. The second-order valence-electron chi connectivity index (χ2n) is 1.50. The average Bonchev–Trinajstić information content (AvgIpc) is 1.83. The molecule has 0 saturated heterocycles. The molecule has 0 aliphatic carbocycles. The van der Waals surface area contributed by atoms with Gasteiger partial charge in [-0.2, -0.15) is 0 Å². The Morgan fingerprint density at radius 3 is 2.00 bits per heavy atom. The normalized spacial score (nSPS) is 9.22. The molecule has 2 N–H and O–H groups in total. The maximum Gasteiger partial charge on any atom is 0.128 e. The van der Waals surface area contributed by atoms with Crippen LogP contribution in [-0.2, 0) is 0 Å². The van der Waals surface area contributed by atoms with Gasteiger partial charge in [-0.3, -0.25) is 0 Å². The van der Waals surface area contributed by atoms with Crippen LogP contribution in [0.25, 0.3) is 0 Å². The van der Waals surface area contributed by atoms with Crippen molar-refractivity contribution in [1.82, 2.24) is 10.6 Å². The van der Waals surface area contributed by atoms with E-state index in [1.165, 1.54) is 0 Å². The van der Waals surface area contributed by atoms with Crippen LogP contribution >= 0.6 is 11.8 Å². The van der Waals surface area contributed by atoms with E-state index >= 15 is 0 Å². The highest BCUT2D eigenvalue weighted by Gasteiger charge is 2.00. The van der Waals surface area contributed by atoms with E-state index in [1.54, 1.807) is 11.8 Å². The third-order valence-electron chi connectivity index (χ3n) is 0.981. The maximum atomic E-state index is 3.66. The van der Waals surface area contributed by atoms with Crippen LogP contribution in [0.1, 0.15) is 0 Å². The summed E-state index contributed by atoms with van der Waals surface area (Å²) >= 11 is 1.58. The number of nitrogens with one attached hydrogen (secondary N) is 2. The molecule has 0 fully saturated rings. The van der Waals surface area contributed by atoms with E-state index in [4.69, 9.17) is 0 Å². The number of halogens is 1. The lowest BCUT2D eigenvalue weighted by Crippen LogP contribution is -3.00. The van der Waals surface area contributed by atoms with Gasteiger partial charge < -0.3 is 34.6 Å². The third kappa shape index (κ3) is 6.76. The lowest BCUT2D eigenvalue weighted by atomic mass is 10.6. The largest absolute Gasteiger partial charge is 1.00 e. The van der Waals surface area contributed by atoms with Gasteiger partial charge in [-0.1, -0.05) is 0 Å². The summed E-state index contributed by atoms with van der Waals surface area (Å²) in [4.78, 5) is 0. The SMILES string of the molecule is [CH2+]SCC(NC)NC.[I-]. The van der Waals surface area contributed by atoms with Crippen LogP contribution < -0.4 is 34.6 Å². The average molecular weight is 260 g/mol. The van der Waals surface area contributed by atoms with Crippen molar-refractivity contribution in [1.29, 1.82) is 0 Å². The second kappa shape index (κ2) is 8.87. The Hall–Kier alpha value is 0.870. The monoisotopic (exact) mass is 260 g/mol. The molecular weight excluding hydrogens is 247 g/mol. The predicted molar refractivity (Wildman–Crippen MR) is 39.7 cm³/mol. The van der Waals surface area contributed by atoms with E-state index in [2.05, 4.69) is 16.9 Å². The fraction of sp³-hybridized carbons (Fsp3) is 0.800. The lowest BCUT2D eigenvalue weighted by molar-refractivity contribution is -0.00000186. The molecule has 0 atom stereocenters. The quantitative estimate of drug-likeness (QED) is 0.326. The molecule has 4 heteroatoms. The van der Waals surface area contributed by atoms with Gasteiger partial charge in [0.25, 0.3) is 0 Å². The summed E-state index contributed by atoms with van der Waals surface area (Å²) < 4.78 is 0. The first-order valence-electron chi connectivity index (χ1n) is 2.56. The van der Waals surface area contributed by atoms with Gasteiger partial charge in [0.1, 0.15) is 6.26 Å². The Kier molecular flexibility index (Phi) is 12.4. The van der Waals surface area contributed by atoms with Gasteiger partial charge in [0.05, 0.1) is 23.7 Å². The van der Waals surface area contributed by atoms with Crippen molar-refractivity contribution in [2.75, 3.05) is 19.8 Å². The highest BCUT2D eigenvalue weighted by Crippen LogP contribution is 1.94. The Labute approximate surface area is 78.6 Å². The van der Waals surface area contributed by atoms with E-state index in [9.17, 15) is 0 Å². The van der Waals surface area contributed by atoms with Gasteiger partial charge in [-0.15, -0.1) is 0 Å². The van der Waals surface area contributed by atoms with Gasteiger partial charge in [0, 0.05) is 0 Å². The molecule has 0 radical (unpaired) electrons. The number of hydrogen-bond donors (Lipinski definition) is 2. The molecule has 2 nitrogen and oxygen atoms in total. The molecule has 56 valence electrons. The highest BCUT2D eigenvalue weighted by atomic mass is 127. The van der Waals surface area contributed by atoms with Crippen LogP contribution in [0.2, 0.25) is 0 Å². The topological polar surface area (TPSA) is 24.1 Å². The van der Waals surface area contributed by atoms with Crippen molar-refractivity contribution in [3.05, 3.63) is 6.26 Å². The molecule has 0 aromatic heterocycles. The minimum atomic E-state index is 0. The van der Waals surface area contributed by atoms with Crippen molar-refractivity contribution in [2.45, 2.75) is 6.17 Å². The van der Waals surface area contributed by atoms with Gasteiger partial charge in [-0.05, 0) is 14.1 Å². The van der Waals surface area contributed by atoms with Crippen LogP contribution in [0, 0.1) is 6.26 Å². The minimum Gasteiger partial charge on any atom is -1.00 e. The van der Waals surface area contributed by atoms with Crippen molar-refractivity contribution in [2.24, 2.45) is 0 Å². The van der Waals surface area contributed by atoms with Crippen LogP contribution in [0.15, 0.2) is 0 Å². The van der Waals surface area contributed by atoms with E-state index < -0.39 is 0 Å². The van der Waals surface area contributed by atoms with E-state index in [0.29, 0.717) is 6.17 Å². The second-order valence-corrected chi connectivity index (χ2v) is 2.24. The van der Waals surface area contributed by atoms with Crippen LogP contribution in [-0.4, -0.2) is 26.0 Å². The zero-order valence-corrected chi connectivity index (χ0v) is 8.75. The third-order valence-corrected chi connectivity index (χ3v) is 1.55. The molecule has 0 unspecified atom stereocenters.